The Morgan fingerprint density at radius 1 is 1.37 bits per heavy atom. The molecule has 108 valence electrons. The Kier molecular flexibility index (Phi) is 4.92. The summed E-state index contributed by atoms with van der Waals surface area (Å²) in [5, 5.41) is -0.440. The van der Waals surface area contributed by atoms with Gasteiger partial charge in [0.15, 0.2) is 0 Å². The molecule has 1 aromatic heterocycles. The molecule has 0 saturated heterocycles. The van der Waals surface area contributed by atoms with Gasteiger partial charge in [0.2, 0.25) is 10.0 Å². The van der Waals surface area contributed by atoms with Crippen LogP contribution in [0.25, 0.3) is 0 Å². The normalized spacial score (nSPS) is 12.2. The molecule has 0 aliphatic carbocycles. The molecule has 0 spiro atoms. The highest BCUT2D eigenvalue weighted by Gasteiger charge is 2.23. The molecule has 0 unspecified atom stereocenters. The van der Waals surface area contributed by atoms with E-state index in [2.05, 4.69) is 4.98 Å². The van der Waals surface area contributed by atoms with E-state index in [0.29, 0.717) is 5.69 Å². The van der Waals surface area contributed by atoms with Gasteiger partial charge in [-0.05, 0) is 27.7 Å². The monoisotopic (exact) mass is 286 g/mol. The van der Waals surface area contributed by atoms with Crippen molar-refractivity contribution in [2.45, 2.75) is 39.5 Å². The summed E-state index contributed by atoms with van der Waals surface area (Å²) in [4.78, 5) is 4.31. The molecule has 0 aliphatic heterocycles. The van der Waals surface area contributed by atoms with Crippen molar-refractivity contribution in [2.24, 2.45) is 0 Å². The number of hydrogen-bond donors (Lipinski definition) is 0. The van der Waals surface area contributed by atoms with E-state index in [1.54, 1.807) is 34.2 Å². The topological polar surface area (TPSA) is 59.5 Å². The molecule has 0 bridgehead atoms. The smallest absolute Gasteiger partial charge is 0.216 e. The van der Waals surface area contributed by atoms with E-state index in [4.69, 9.17) is 4.74 Å². The van der Waals surface area contributed by atoms with E-state index in [1.807, 2.05) is 13.8 Å². The summed E-state index contributed by atoms with van der Waals surface area (Å²) in [7, 11) is -0.0920. The summed E-state index contributed by atoms with van der Waals surface area (Å²) in [5.41, 5.74) is 2.54. The van der Waals surface area contributed by atoms with E-state index in [1.165, 1.54) is 4.31 Å². The maximum atomic E-state index is 12.0. The predicted molar refractivity (Wildman–Crippen MR) is 75.8 cm³/mol. The van der Waals surface area contributed by atoms with Gasteiger partial charge in [0.25, 0.3) is 0 Å². The highest BCUT2D eigenvalue weighted by atomic mass is 32.2. The van der Waals surface area contributed by atoms with Gasteiger partial charge in [-0.15, -0.1) is 0 Å². The zero-order valence-corrected chi connectivity index (χ0v) is 13.2. The number of aromatic nitrogens is 1. The highest BCUT2D eigenvalue weighted by molar-refractivity contribution is 7.89. The van der Waals surface area contributed by atoms with Crippen LogP contribution in [0.3, 0.4) is 0 Å². The van der Waals surface area contributed by atoms with E-state index >= 15 is 0 Å². The van der Waals surface area contributed by atoms with E-state index in [0.717, 1.165) is 16.9 Å². The van der Waals surface area contributed by atoms with Crippen LogP contribution < -0.4 is 4.74 Å². The highest BCUT2D eigenvalue weighted by Crippen LogP contribution is 2.25. The second-order valence-electron chi connectivity index (χ2n) is 4.90. The van der Waals surface area contributed by atoms with Gasteiger partial charge >= 0.3 is 0 Å². The van der Waals surface area contributed by atoms with Crippen molar-refractivity contribution < 1.29 is 13.2 Å². The van der Waals surface area contributed by atoms with Gasteiger partial charge in [0.05, 0.1) is 24.6 Å². The molecular formula is C13H22N2O3S. The van der Waals surface area contributed by atoms with Crippen LogP contribution in [0.5, 0.6) is 5.75 Å². The molecule has 0 fully saturated rings. The lowest BCUT2D eigenvalue weighted by molar-refractivity contribution is 0.403. The molecule has 0 amide bonds. The van der Waals surface area contributed by atoms with Crippen LogP contribution in [0, 0.1) is 13.8 Å². The number of hydrogen-bond acceptors (Lipinski definition) is 4. The van der Waals surface area contributed by atoms with Crippen molar-refractivity contribution in [3.05, 3.63) is 23.0 Å². The maximum Gasteiger partial charge on any atom is 0.216 e. The minimum Gasteiger partial charge on any atom is -0.496 e. The number of sulfonamides is 1. The molecular weight excluding hydrogens is 264 g/mol. The lowest BCUT2D eigenvalue weighted by Gasteiger charge is -2.21. The molecule has 0 atom stereocenters. The maximum absolute atomic E-state index is 12.0. The first-order chi connectivity index (χ1) is 8.71. The first-order valence-corrected chi connectivity index (χ1v) is 7.66. The van der Waals surface area contributed by atoms with Gasteiger partial charge in [-0.3, -0.25) is 4.98 Å². The van der Waals surface area contributed by atoms with Crippen molar-refractivity contribution in [1.29, 1.82) is 0 Å². The number of ether oxygens (including phenoxy) is 1. The largest absolute Gasteiger partial charge is 0.496 e. The summed E-state index contributed by atoms with van der Waals surface area (Å²) in [6, 6.07) is 0. The third-order valence-electron chi connectivity index (χ3n) is 3.15. The van der Waals surface area contributed by atoms with Crippen LogP contribution in [0.1, 0.15) is 30.7 Å². The summed E-state index contributed by atoms with van der Waals surface area (Å²) in [6.45, 7) is 7.40. The van der Waals surface area contributed by atoms with Crippen molar-refractivity contribution >= 4 is 10.0 Å². The Morgan fingerprint density at radius 2 is 1.95 bits per heavy atom. The van der Waals surface area contributed by atoms with Gasteiger partial charge in [-0.2, -0.15) is 4.31 Å². The summed E-state index contributed by atoms with van der Waals surface area (Å²) in [5.74, 6) is 0.764. The van der Waals surface area contributed by atoms with Crippen molar-refractivity contribution in [3.63, 3.8) is 0 Å². The van der Waals surface area contributed by atoms with Gasteiger partial charge in [-0.1, -0.05) is 0 Å². The molecule has 0 saturated carbocycles. The van der Waals surface area contributed by atoms with Gasteiger partial charge in [0.1, 0.15) is 5.75 Å². The van der Waals surface area contributed by atoms with Crippen LogP contribution in [-0.4, -0.2) is 37.1 Å². The molecule has 1 aromatic rings. The van der Waals surface area contributed by atoms with Crippen LogP contribution >= 0.6 is 0 Å². The van der Waals surface area contributed by atoms with Crippen molar-refractivity contribution in [1.82, 2.24) is 9.29 Å². The van der Waals surface area contributed by atoms with Crippen molar-refractivity contribution in [3.8, 4) is 5.75 Å². The number of methoxy groups -OCH3 is 1. The molecule has 1 rings (SSSR count). The van der Waals surface area contributed by atoms with Crippen LogP contribution in [0.2, 0.25) is 0 Å². The minimum atomic E-state index is -3.27. The fourth-order valence-corrected chi connectivity index (χ4v) is 2.91. The first kappa shape index (κ1) is 15.9. The van der Waals surface area contributed by atoms with Gasteiger partial charge in [-0.25, -0.2) is 8.42 Å². The standard InChI is InChI=1S/C13H22N2O3S/c1-9(2)19(16,17)15(5)8-12-11(4)13(18-6)10(3)7-14-12/h7,9H,8H2,1-6H3. The Hall–Kier alpha value is -1.14. The third kappa shape index (κ3) is 3.25. The predicted octanol–water partition coefficient (Wildman–Crippen LogP) is 1.88. The molecule has 0 aromatic carbocycles. The van der Waals surface area contributed by atoms with Gasteiger partial charge < -0.3 is 4.74 Å². The first-order valence-electron chi connectivity index (χ1n) is 6.16. The molecule has 6 heteroatoms. The fraction of sp³-hybridized carbons (Fsp3) is 0.615. The zero-order chi connectivity index (χ0) is 14.8. The van der Waals surface area contributed by atoms with Gasteiger partial charge in [0, 0.05) is 24.4 Å². The van der Waals surface area contributed by atoms with Crippen LogP contribution in [-0.2, 0) is 16.6 Å². The van der Waals surface area contributed by atoms with E-state index in [-0.39, 0.29) is 6.54 Å². The minimum absolute atomic E-state index is 0.253. The molecule has 0 radical (unpaired) electrons. The SMILES string of the molecule is COc1c(C)cnc(CN(C)S(=O)(=O)C(C)C)c1C. The average molecular weight is 286 g/mol. The fourth-order valence-electron chi connectivity index (χ4n) is 1.89. The number of rotatable bonds is 5. The molecule has 19 heavy (non-hydrogen) atoms. The molecule has 0 aliphatic rings. The lowest BCUT2D eigenvalue weighted by atomic mass is 10.1. The Bertz CT molecular complexity index is 553. The quantitative estimate of drug-likeness (QED) is 0.829. The van der Waals surface area contributed by atoms with Crippen LogP contribution in [0.4, 0.5) is 0 Å². The van der Waals surface area contributed by atoms with E-state index in [9.17, 15) is 8.42 Å². The number of nitrogens with zero attached hydrogens (tertiary/aromatic N) is 2. The van der Waals surface area contributed by atoms with E-state index < -0.39 is 15.3 Å². The molecule has 1 heterocycles. The number of aryl methyl sites for hydroxylation is 1. The Labute approximate surface area is 115 Å². The number of pyridine rings is 1. The zero-order valence-electron chi connectivity index (χ0n) is 12.4. The molecule has 5 nitrogen and oxygen atoms in total. The Balaban J connectivity index is 3.08. The second kappa shape index (κ2) is 5.88. The third-order valence-corrected chi connectivity index (χ3v) is 5.34. The summed E-state index contributed by atoms with van der Waals surface area (Å²) in [6.07, 6.45) is 1.71. The summed E-state index contributed by atoms with van der Waals surface area (Å²) >= 11 is 0. The van der Waals surface area contributed by atoms with Crippen molar-refractivity contribution in [2.75, 3.05) is 14.2 Å². The Morgan fingerprint density at radius 3 is 2.42 bits per heavy atom. The molecule has 0 N–H and O–H groups in total. The lowest BCUT2D eigenvalue weighted by Crippen LogP contribution is -2.33. The average Bonchev–Trinajstić information content (AvgIpc) is 2.33. The van der Waals surface area contributed by atoms with Crippen LogP contribution in [0.15, 0.2) is 6.20 Å². The summed E-state index contributed by atoms with van der Waals surface area (Å²) < 4.78 is 30.7. The second-order valence-corrected chi connectivity index (χ2v) is 7.49.